The summed E-state index contributed by atoms with van der Waals surface area (Å²) in [5.41, 5.74) is 2.93. The second-order valence-corrected chi connectivity index (χ2v) is 8.20. The number of hydrogen-bond donors (Lipinski definition) is 1. The molecule has 1 atom stereocenters. The normalized spacial score (nSPS) is 17.5. The summed E-state index contributed by atoms with van der Waals surface area (Å²) in [6, 6.07) is 14.8. The largest absolute Gasteiger partial charge is 0.507 e. The number of hydrogen-bond acceptors (Lipinski definition) is 5. The molecule has 0 saturated carbocycles. The zero-order valence-electron chi connectivity index (χ0n) is 18.5. The van der Waals surface area contributed by atoms with Crippen molar-refractivity contribution in [2.75, 3.05) is 11.5 Å². The van der Waals surface area contributed by atoms with Crippen molar-refractivity contribution in [2.45, 2.75) is 26.8 Å². The molecule has 1 amide bonds. The zero-order valence-corrected chi connectivity index (χ0v) is 19.3. The average Bonchev–Trinajstić information content (AvgIpc) is 3.07. The average molecular weight is 463 g/mol. The molecule has 7 heteroatoms. The van der Waals surface area contributed by atoms with Crippen LogP contribution in [0, 0.1) is 13.8 Å². The van der Waals surface area contributed by atoms with Gasteiger partial charge < -0.3 is 9.84 Å². The minimum Gasteiger partial charge on any atom is -0.507 e. The predicted molar refractivity (Wildman–Crippen MR) is 128 cm³/mol. The Morgan fingerprint density at radius 1 is 1.12 bits per heavy atom. The molecule has 1 fully saturated rings. The van der Waals surface area contributed by atoms with Crippen molar-refractivity contribution >= 4 is 34.7 Å². The number of anilines is 1. The summed E-state index contributed by atoms with van der Waals surface area (Å²) in [6.45, 7) is 6.04. The van der Waals surface area contributed by atoms with Gasteiger partial charge in [-0.3, -0.25) is 19.5 Å². The van der Waals surface area contributed by atoms with Gasteiger partial charge in [0.15, 0.2) is 0 Å². The van der Waals surface area contributed by atoms with Gasteiger partial charge in [0.2, 0.25) is 0 Å². The third-order valence-corrected chi connectivity index (χ3v) is 5.87. The lowest BCUT2D eigenvalue weighted by Crippen LogP contribution is -2.30. The van der Waals surface area contributed by atoms with Crippen LogP contribution in [0.2, 0.25) is 5.02 Å². The number of ether oxygens (including phenoxy) is 1. The number of aliphatic hydroxyl groups excluding tert-OH is 1. The van der Waals surface area contributed by atoms with Crippen LogP contribution in [0.1, 0.15) is 35.3 Å². The molecule has 1 aliphatic rings. The van der Waals surface area contributed by atoms with Crippen molar-refractivity contribution in [3.8, 4) is 5.75 Å². The number of benzene rings is 2. The van der Waals surface area contributed by atoms with Crippen LogP contribution >= 0.6 is 11.6 Å². The third kappa shape index (κ3) is 4.10. The van der Waals surface area contributed by atoms with Crippen molar-refractivity contribution < 1.29 is 19.4 Å². The van der Waals surface area contributed by atoms with Crippen molar-refractivity contribution in [3.05, 3.63) is 93.8 Å². The smallest absolute Gasteiger partial charge is 0.300 e. The third-order valence-electron chi connectivity index (χ3n) is 5.54. The second kappa shape index (κ2) is 9.08. The summed E-state index contributed by atoms with van der Waals surface area (Å²) < 4.78 is 5.53. The van der Waals surface area contributed by atoms with E-state index in [0.29, 0.717) is 23.7 Å². The molecule has 2 aromatic carbocycles. The number of nitrogens with zero attached hydrogens (tertiary/aromatic N) is 2. The van der Waals surface area contributed by atoms with Crippen LogP contribution in [0.5, 0.6) is 5.75 Å². The number of pyridine rings is 1. The van der Waals surface area contributed by atoms with Crippen LogP contribution in [0.25, 0.3) is 5.76 Å². The highest BCUT2D eigenvalue weighted by Crippen LogP contribution is 2.43. The number of rotatable bonds is 5. The minimum atomic E-state index is -0.918. The number of amides is 1. The van der Waals surface area contributed by atoms with Gasteiger partial charge >= 0.3 is 0 Å². The van der Waals surface area contributed by atoms with E-state index in [1.165, 1.54) is 4.90 Å². The van der Waals surface area contributed by atoms with E-state index in [-0.39, 0.29) is 21.9 Å². The molecular weight excluding hydrogens is 440 g/mol. The van der Waals surface area contributed by atoms with Gasteiger partial charge in [0.1, 0.15) is 17.6 Å². The van der Waals surface area contributed by atoms with Crippen LogP contribution in [0.4, 0.5) is 5.69 Å². The van der Waals surface area contributed by atoms with E-state index >= 15 is 0 Å². The van der Waals surface area contributed by atoms with Crippen molar-refractivity contribution in [2.24, 2.45) is 0 Å². The summed E-state index contributed by atoms with van der Waals surface area (Å²) >= 11 is 6.37. The molecule has 0 radical (unpaired) electrons. The lowest BCUT2D eigenvalue weighted by Gasteiger charge is -2.26. The summed E-state index contributed by atoms with van der Waals surface area (Å²) in [5, 5.41) is 11.5. The maximum Gasteiger partial charge on any atom is 0.300 e. The van der Waals surface area contributed by atoms with Gasteiger partial charge in [-0.1, -0.05) is 29.8 Å². The standard InChI is InChI=1S/C26H23ClN2O4/c1-4-33-17-10-11-19(27)18(14-17)24(30)22-23(20-7-5-6-12-28-20)29(26(32)25(22)31)21-13-15(2)8-9-16(21)3/h5-14,23,30H,4H2,1-3H3/b24-22+. The Morgan fingerprint density at radius 3 is 2.61 bits per heavy atom. The molecule has 4 rings (SSSR count). The van der Waals surface area contributed by atoms with Crippen LogP contribution in [-0.4, -0.2) is 28.4 Å². The number of ketones is 1. The monoisotopic (exact) mass is 462 g/mol. The Hall–Kier alpha value is -3.64. The lowest BCUT2D eigenvalue weighted by atomic mass is 9.97. The van der Waals surface area contributed by atoms with Gasteiger partial charge in [0, 0.05) is 17.4 Å². The molecule has 168 valence electrons. The quantitative estimate of drug-likeness (QED) is 0.313. The number of aliphatic hydroxyl groups is 1. The first-order valence-corrected chi connectivity index (χ1v) is 10.9. The van der Waals surface area contributed by atoms with Gasteiger partial charge in [-0.15, -0.1) is 0 Å². The van der Waals surface area contributed by atoms with Crippen LogP contribution in [-0.2, 0) is 9.59 Å². The number of halogens is 1. The summed E-state index contributed by atoms with van der Waals surface area (Å²) in [5.74, 6) is -1.43. The minimum absolute atomic E-state index is 0.0739. The molecule has 1 N–H and O–H groups in total. The molecule has 6 nitrogen and oxygen atoms in total. The Bertz CT molecular complexity index is 1270. The van der Waals surface area contributed by atoms with Gasteiger partial charge in [0.05, 0.1) is 22.9 Å². The number of aryl methyl sites for hydroxylation is 2. The van der Waals surface area contributed by atoms with E-state index in [2.05, 4.69) is 4.98 Å². The van der Waals surface area contributed by atoms with E-state index in [9.17, 15) is 14.7 Å². The summed E-state index contributed by atoms with van der Waals surface area (Å²) in [6.07, 6.45) is 1.58. The van der Waals surface area contributed by atoms with E-state index < -0.39 is 17.7 Å². The molecular formula is C26H23ClN2O4. The number of carbonyl (C=O) groups is 2. The van der Waals surface area contributed by atoms with Crippen LogP contribution < -0.4 is 9.64 Å². The molecule has 1 saturated heterocycles. The summed E-state index contributed by atoms with van der Waals surface area (Å²) in [4.78, 5) is 32.4. The van der Waals surface area contributed by atoms with Crippen molar-refractivity contribution in [1.29, 1.82) is 0 Å². The fourth-order valence-electron chi connectivity index (χ4n) is 3.96. The zero-order chi connectivity index (χ0) is 23.7. The number of aromatic nitrogens is 1. The van der Waals surface area contributed by atoms with Crippen LogP contribution in [0.3, 0.4) is 0 Å². The van der Waals surface area contributed by atoms with Crippen molar-refractivity contribution in [3.63, 3.8) is 0 Å². The van der Waals surface area contributed by atoms with Crippen molar-refractivity contribution in [1.82, 2.24) is 4.98 Å². The Labute approximate surface area is 197 Å². The van der Waals surface area contributed by atoms with Gasteiger partial charge in [-0.2, -0.15) is 0 Å². The molecule has 1 aromatic heterocycles. The highest BCUT2D eigenvalue weighted by Gasteiger charge is 2.48. The first-order chi connectivity index (χ1) is 15.8. The fourth-order valence-corrected chi connectivity index (χ4v) is 4.17. The van der Waals surface area contributed by atoms with Gasteiger partial charge in [-0.05, 0) is 68.3 Å². The Kier molecular flexibility index (Phi) is 6.20. The van der Waals surface area contributed by atoms with E-state index in [0.717, 1.165) is 11.1 Å². The van der Waals surface area contributed by atoms with E-state index in [4.69, 9.17) is 16.3 Å². The predicted octanol–water partition coefficient (Wildman–Crippen LogP) is 5.38. The van der Waals surface area contributed by atoms with E-state index in [1.54, 1.807) is 42.6 Å². The molecule has 3 aromatic rings. The molecule has 1 aliphatic heterocycles. The number of carbonyl (C=O) groups excluding carboxylic acids is 2. The molecule has 0 spiro atoms. The molecule has 1 unspecified atom stereocenters. The first kappa shape index (κ1) is 22.6. The second-order valence-electron chi connectivity index (χ2n) is 7.79. The molecule has 0 bridgehead atoms. The fraction of sp³-hybridized carbons (Fsp3) is 0.192. The molecule has 0 aliphatic carbocycles. The molecule has 2 heterocycles. The highest BCUT2D eigenvalue weighted by atomic mass is 35.5. The van der Waals surface area contributed by atoms with Crippen LogP contribution in [0.15, 0.2) is 66.4 Å². The topological polar surface area (TPSA) is 79.7 Å². The van der Waals surface area contributed by atoms with Gasteiger partial charge in [-0.25, -0.2) is 0 Å². The first-order valence-electron chi connectivity index (χ1n) is 10.6. The maximum atomic E-state index is 13.3. The SMILES string of the molecule is CCOc1ccc(Cl)c(/C(O)=C2\C(=O)C(=O)N(c3cc(C)ccc3C)C2c2ccccn2)c1. The Balaban J connectivity index is 1.98. The highest BCUT2D eigenvalue weighted by molar-refractivity contribution is 6.52. The maximum absolute atomic E-state index is 13.3. The summed E-state index contributed by atoms with van der Waals surface area (Å²) in [7, 11) is 0. The van der Waals surface area contributed by atoms with Gasteiger partial charge in [0.25, 0.3) is 11.7 Å². The Morgan fingerprint density at radius 2 is 1.91 bits per heavy atom. The number of Topliss-reactive ketones (excluding diaryl/α,β-unsaturated/α-hetero) is 1. The lowest BCUT2D eigenvalue weighted by molar-refractivity contribution is -0.132. The van der Waals surface area contributed by atoms with E-state index in [1.807, 2.05) is 39.0 Å². The molecule has 33 heavy (non-hydrogen) atoms.